The van der Waals surface area contributed by atoms with Gasteiger partial charge in [-0.15, -0.1) is 0 Å². The summed E-state index contributed by atoms with van der Waals surface area (Å²) in [6.07, 6.45) is 10.6. The fourth-order valence-corrected chi connectivity index (χ4v) is 4.57. The minimum absolute atomic E-state index is 0.431. The smallest absolute Gasteiger partial charge is 0.276 e. The fraction of sp³-hybridized carbons (Fsp3) is 0.700. The second-order valence-corrected chi connectivity index (χ2v) is 8.25. The van der Waals surface area contributed by atoms with Crippen molar-refractivity contribution in [1.29, 1.82) is 0 Å². The van der Waals surface area contributed by atoms with E-state index in [2.05, 4.69) is 21.8 Å². The number of nitrogens with one attached hydrogen (secondary N) is 1. The second kappa shape index (κ2) is 7.62. The minimum atomic E-state index is -0.488. The Bertz CT molecular complexity index is 661. The maximum atomic E-state index is 11.5. The lowest BCUT2D eigenvalue weighted by Crippen LogP contribution is -2.49. The van der Waals surface area contributed by atoms with Crippen LogP contribution in [0.1, 0.15) is 60.1 Å². The third-order valence-electron chi connectivity index (χ3n) is 6.55. The zero-order chi connectivity index (χ0) is 18.1. The fourth-order valence-electron chi connectivity index (χ4n) is 4.57. The first-order valence-electron chi connectivity index (χ1n) is 10.0. The van der Waals surface area contributed by atoms with Crippen molar-refractivity contribution >= 4 is 5.91 Å². The average Bonchev–Trinajstić information content (AvgIpc) is 3.48. The summed E-state index contributed by atoms with van der Waals surface area (Å²) in [7, 11) is 2.27. The summed E-state index contributed by atoms with van der Waals surface area (Å²) >= 11 is 0. The third-order valence-corrected chi connectivity index (χ3v) is 6.55. The van der Waals surface area contributed by atoms with Crippen LogP contribution in [0.25, 0.3) is 0 Å². The highest BCUT2D eigenvalue weighted by Gasteiger charge is 2.37. The first-order chi connectivity index (χ1) is 12.7. The van der Waals surface area contributed by atoms with Crippen LogP contribution in [0.5, 0.6) is 0 Å². The number of amides is 1. The summed E-state index contributed by atoms with van der Waals surface area (Å²) in [4.78, 5) is 21.2. The van der Waals surface area contributed by atoms with Crippen molar-refractivity contribution in [3.63, 3.8) is 0 Å². The largest absolute Gasteiger partial charge is 0.303 e. The number of hydrogen-bond donors (Lipinski definition) is 2. The van der Waals surface area contributed by atoms with Gasteiger partial charge in [0.25, 0.3) is 5.91 Å². The van der Waals surface area contributed by atoms with Crippen molar-refractivity contribution in [3.8, 4) is 0 Å². The summed E-state index contributed by atoms with van der Waals surface area (Å²) in [5, 5.41) is 8.78. The molecule has 2 saturated carbocycles. The molecule has 0 spiro atoms. The summed E-state index contributed by atoms with van der Waals surface area (Å²) < 4.78 is 0. The maximum absolute atomic E-state index is 11.5. The number of nitrogens with zero attached hydrogens (tertiary/aromatic N) is 3. The summed E-state index contributed by atoms with van der Waals surface area (Å²) in [5.74, 6) is 0.349. The highest BCUT2D eigenvalue weighted by Crippen LogP contribution is 2.38. The number of carbonyl (C=O) groups excluding carboxylic acids is 1. The van der Waals surface area contributed by atoms with E-state index in [1.165, 1.54) is 45.1 Å². The summed E-state index contributed by atoms with van der Waals surface area (Å²) in [6, 6.07) is 3.45. The zero-order valence-electron chi connectivity index (χ0n) is 15.7. The lowest BCUT2D eigenvalue weighted by atomic mass is 9.75. The van der Waals surface area contributed by atoms with Gasteiger partial charge in [-0.3, -0.25) is 19.9 Å². The Morgan fingerprint density at radius 3 is 2.92 bits per heavy atom. The molecule has 4 rings (SSSR count). The van der Waals surface area contributed by atoms with E-state index in [-0.39, 0.29) is 0 Å². The molecular formula is C20H30N4O2. The van der Waals surface area contributed by atoms with Crippen molar-refractivity contribution in [3.05, 3.63) is 29.1 Å². The van der Waals surface area contributed by atoms with Crippen molar-refractivity contribution in [2.75, 3.05) is 20.1 Å². The Hall–Kier alpha value is -1.50. The Morgan fingerprint density at radius 1 is 1.38 bits per heavy atom. The van der Waals surface area contributed by atoms with Crippen molar-refractivity contribution in [2.24, 2.45) is 5.92 Å². The van der Waals surface area contributed by atoms with Gasteiger partial charge in [-0.05, 0) is 76.1 Å². The van der Waals surface area contributed by atoms with Gasteiger partial charge in [-0.25, -0.2) is 5.48 Å². The lowest BCUT2D eigenvalue weighted by molar-refractivity contribution is 0.0429. The van der Waals surface area contributed by atoms with E-state index < -0.39 is 5.91 Å². The number of aromatic nitrogens is 1. The molecule has 2 unspecified atom stereocenters. The van der Waals surface area contributed by atoms with Gasteiger partial charge >= 0.3 is 0 Å². The predicted octanol–water partition coefficient (Wildman–Crippen LogP) is 2.21. The number of carbonyl (C=O) groups is 1. The van der Waals surface area contributed by atoms with Crippen LogP contribution in [-0.2, 0) is 13.0 Å². The highest BCUT2D eigenvalue weighted by molar-refractivity contribution is 5.93. The van der Waals surface area contributed by atoms with Crippen LogP contribution in [-0.4, -0.2) is 58.1 Å². The Kier molecular flexibility index (Phi) is 5.25. The lowest BCUT2D eigenvalue weighted by Gasteiger charge is -2.46. The molecule has 1 aromatic rings. The number of hydrogen-bond acceptors (Lipinski definition) is 5. The Morgan fingerprint density at radius 2 is 2.23 bits per heavy atom. The molecule has 0 bridgehead atoms. The van der Waals surface area contributed by atoms with E-state index in [9.17, 15) is 4.79 Å². The van der Waals surface area contributed by atoms with Gasteiger partial charge in [0.2, 0.25) is 0 Å². The maximum Gasteiger partial charge on any atom is 0.276 e. The molecule has 26 heavy (non-hydrogen) atoms. The van der Waals surface area contributed by atoms with Crippen LogP contribution < -0.4 is 5.48 Å². The molecule has 1 amide bonds. The predicted molar refractivity (Wildman–Crippen MR) is 99.0 cm³/mol. The van der Waals surface area contributed by atoms with Gasteiger partial charge < -0.3 is 4.90 Å². The quantitative estimate of drug-likeness (QED) is 0.578. The monoisotopic (exact) mass is 358 g/mol. The third kappa shape index (κ3) is 3.77. The van der Waals surface area contributed by atoms with Gasteiger partial charge in [-0.2, -0.15) is 0 Å². The van der Waals surface area contributed by atoms with Gasteiger partial charge in [-0.1, -0.05) is 0 Å². The molecule has 0 saturated heterocycles. The first-order valence-corrected chi connectivity index (χ1v) is 10.0. The van der Waals surface area contributed by atoms with Gasteiger partial charge in [0.15, 0.2) is 0 Å². The van der Waals surface area contributed by atoms with E-state index in [1.807, 2.05) is 6.07 Å². The molecular weight excluding hydrogens is 328 g/mol. The Balaban J connectivity index is 1.30. The van der Waals surface area contributed by atoms with Crippen molar-refractivity contribution < 1.29 is 10.0 Å². The molecule has 6 heteroatoms. The standard InChI is InChI=1S/C20H30N4O2/c1-23(17-5-6-17)9-2-3-14-4-7-19(14)24-10-8-15-11-16(20(25)22-26)12-21-18(15)13-24/h11-12,14,17,19,26H,2-10,13H2,1H3,(H,22,25). The van der Waals surface area contributed by atoms with E-state index in [0.29, 0.717) is 11.6 Å². The molecule has 2 fully saturated rings. The van der Waals surface area contributed by atoms with Crippen molar-refractivity contribution in [2.45, 2.75) is 63.6 Å². The molecule has 1 aromatic heterocycles. The number of rotatable bonds is 7. The van der Waals surface area contributed by atoms with Crippen LogP contribution in [0, 0.1) is 5.92 Å². The number of hydroxylamine groups is 1. The first kappa shape index (κ1) is 17.9. The molecule has 2 atom stereocenters. The molecule has 142 valence electrons. The molecule has 2 heterocycles. The summed E-state index contributed by atoms with van der Waals surface area (Å²) in [5.41, 5.74) is 4.35. The minimum Gasteiger partial charge on any atom is -0.303 e. The van der Waals surface area contributed by atoms with Crippen LogP contribution in [0.3, 0.4) is 0 Å². The molecule has 3 aliphatic rings. The number of pyridine rings is 1. The van der Waals surface area contributed by atoms with Gasteiger partial charge in [0, 0.05) is 31.4 Å². The SMILES string of the molecule is CN(CCCC1CCC1N1CCc2cc(C(=O)NO)cnc2C1)C1CC1. The van der Waals surface area contributed by atoms with E-state index in [0.717, 1.165) is 42.7 Å². The summed E-state index contributed by atoms with van der Waals surface area (Å²) in [6.45, 7) is 3.18. The normalized spacial score (nSPS) is 25.7. The highest BCUT2D eigenvalue weighted by atomic mass is 16.5. The molecule has 1 aliphatic heterocycles. The number of fused-ring (bicyclic) bond motifs is 1. The molecule has 2 aliphatic carbocycles. The Labute approximate surface area is 155 Å². The average molecular weight is 358 g/mol. The molecule has 6 nitrogen and oxygen atoms in total. The van der Waals surface area contributed by atoms with Gasteiger partial charge in [0.05, 0.1) is 11.3 Å². The molecule has 0 aromatic carbocycles. The molecule has 0 radical (unpaired) electrons. The van der Waals surface area contributed by atoms with Crippen LogP contribution in [0.15, 0.2) is 12.3 Å². The topological polar surface area (TPSA) is 68.7 Å². The van der Waals surface area contributed by atoms with Crippen LogP contribution in [0.4, 0.5) is 0 Å². The van der Waals surface area contributed by atoms with Gasteiger partial charge in [0.1, 0.15) is 0 Å². The molecule has 2 N–H and O–H groups in total. The second-order valence-electron chi connectivity index (χ2n) is 8.25. The van der Waals surface area contributed by atoms with E-state index >= 15 is 0 Å². The van der Waals surface area contributed by atoms with E-state index in [1.54, 1.807) is 11.7 Å². The van der Waals surface area contributed by atoms with Crippen molar-refractivity contribution in [1.82, 2.24) is 20.3 Å². The van der Waals surface area contributed by atoms with Crippen LogP contribution >= 0.6 is 0 Å². The van der Waals surface area contributed by atoms with Crippen LogP contribution in [0.2, 0.25) is 0 Å². The van der Waals surface area contributed by atoms with E-state index in [4.69, 9.17) is 5.21 Å². The zero-order valence-corrected chi connectivity index (χ0v) is 15.7.